The van der Waals surface area contributed by atoms with Crippen LogP contribution >= 0.6 is 11.3 Å². The Kier molecular flexibility index (Phi) is 8.28. The van der Waals surface area contributed by atoms with Gasteiger partial charge in [-0.1, -0.05) is 0 Å². The van der Waals surface area contributed by atoms with Crippen LogP contribution in [0.1, 0.15) is 91.0 Å². The molecule has 0 amide bonds. The maximum atomic E-state index is 2.54. The molecule has 230 valence electrons. The third-order valence-electron chi connectivity index (χ3n) is 9.85. The summed E-state index contributed by atoms with van der Waals surface area (Å²) in [5.41, 5.74) is 14.6. The molecule has 46 heavy (non-hydrogen) atoms. The number of hydrogen-bond donors (Lipinski definition) is 0. The van der Waals surface area contributed by atoms with Crippen LogP contribution in [0.2, 0.25) is 0 Å². The molecule has 1 atom stereocenters. The summed E-state index contributed by atoms with van der Waals surface area (Å²) in [5, 5.41) is 4.59. The van der Waals surface area contributed by atoms with Crippen LogP contribution < -0.4 is 0 Å². The Hall–Kier alpha value is -3.19. The molecule has 0 N–H and O–H groups in total. The van der Waals surface area contributed by atoms with Gasteiger partial charge in [0.15, 0.2) is 0 Å². The van der Waals surface area contributed by atoms with E-state index in [9.17, 15) is 0 Å². The van der Waals surface area contributed by atoms with Crippen LogP contribution in [0, 0.1) is 5.92 Å². The number of rotatable bonds is 5. The molecule has 4 aromatic carbocycles. The van der Waals surface area contributed by atoms with Crippen molar-refractivity contribution in [2.24, 2.45) is 5.92 Å². The molecule has 2 aliphatic rings. The van der Waals surface area contributed by atoms with Crippen molar-refractivity contribution in [3.63, 3.8) is 0 Å². The zero-order valence-electron chi connectivity index (χ0n) is 28.2. The van der Waals surface area contributed by atoms with Crippen molar-refractivity contribution >= 4 is 20.1 Å². The standard InChI is InChI=1S/C21H25.C13H10.C10H9S.Zr/c1-20(2,3)16-9-7-14-11-15-8-10-17(21(4,5)6)13-19(15)18(14)12-16;1-3-7-12(8-4-1)11-13-9-5-2-6-10-13;1-8-2-3-9(6-8)10-4-5-11-7-10;/h7-13H,1-6H3;1-10H;2-5,7-8H,1H3;. The van der Waals surface area contributed by atoms with Crippen LogP contribution in [0.25, 0.3) is 16.7 Å². The summed E-state index contributed by atoms with van der Waals surface area (Å²) in [6.07, 6.45) is 4.91. The molecule has 1 unspecified atom stereocenters. The SMILES string of the molecule is CC1C=CC(c2ccsc2)=[C]1[Zr](=[C](c1ccccc1)c1ccccc1)[CH]1c2ccc(C(C)(C)C)cc2-c2cc(C(C)(C)C)ccc21. The molecule has 1 aromatic heterocycles. The van der Waals surface area contributed by atoms with Gasteiger partial charge in [-0.25, -0.2) is 0 Å². The van der Waals surface area contributed by atoms with E-state index in [2.05, 4.69) is 175 Å². The molecule has 0 bridgehead atoms. The Morgan fingerprint density at radius 2 is 1.17 bits per heavy atom. The third kappa shape index (κ3) is 5.67. The van der Waals surface area contributed by atoms with Gasteiger partial charge in [-0.05, 0) is 0 Å². The molecule has 2 heteroatoms. The predicted molar refractivity (Wildman–Crippen MR) is 197 cm³/mol. The maximum absolute atomic E-state index is 2.91. The average Bonchev–Trinajstić information content (AvgIpc) is 3.77. The fourth-order valence-corrected chi connectivity index (χ4v) is 18.0. The van der Waals surface area contributed by atoms with Gasteiger partial charge in [0, 0.05) is 0 Å². The van der Waals surface area contributed by atoms with Crippen molar-refractivity contribution in [1.82, 2.24) is 0 Å². The third-order valence-corrected chi connectivity index (χ3v) is 19.4. The summed E-state index contributed by atoms with van der Waals surface area (Å²) >= 11 is -1.11. The van der Waals surface area contributed by atoms with Crippen LogP contribution in [-0.4, -0.2) is 3.21 Å². The second kappa shape index (κ2) is 12.1. The van der Waals surface area contributed by atoms with Crippen LogP contribution in [0.3, 0.4) is 0 Å². The topological polar surface area (TPSA) is 0 Å². The molecule has 0 saturated heterocycles. The van der Waals surface area contributed by atoms with Crippen molar-refractivity contribution in [1.29, 1.82) is 0 Å². The first-order valence-corrected chi connectivity index (χ1v) is 21.4. The normalized spacial score (nSPS) is 16.1. The van der Waals surface area contributed by atoms with Crippen molar-refractivity contribution in [3.05, 3.63) is 168 Å². The average molecular weight is 696 g/mol. The van der Waals surface area contributed by atoms with Gasteiger partial charge < -0.3 is 0 Å². The minimum atomic E-state index is -2.91. The molecule has 2 aliphatic carbocycles. The first-order valence-electron chi connectivity index (χ1n) is 16.6. The summed E-state index contributed by atoms with van der Waals surface area (Å²) in [6.45, 7) is 16.5. The van der Waals surface area contributed by atoms with Crippen molar-refractivity contribution in [3.8, 4) is 11.1 Å². The van der Waals surface area contributed by atoms with Crippen LogP contribution in [0.4, 0.5) is 0 Å². The van der Waals surface area contributed by atoms with Gasteiger partial charge in [-0.15, -0.1) is 0 Å². The van der Waals surface area contributed by atoms with E-state index < -0.39 is 21.3 Å². The molecular weight excluding hydrogens is 652 g/mol. The zero-order chi connectivity index (χ0) is 32.2. The molecule has 0 fully saturated rings. The van der Waals surface area contributed by atoms with Crippen molar-refractivity contribution < 1.29 is 21.3 Å². The number of allylic oxidation sites excluding steroid dienone is 4. The van der Waals surface area contributed by atoms with Gasteiger partial charge in [0.2, 0.25) is 0 Å². The predicted octanol–water partition coefficient (Wildman–Crippen LogP) is 11.9. The van der Waals surface area contributed by atoms with Gasteiger partial charge in [-0.2, -0.15) is 0 Å². The summed E-state index contributed by atoms with van der Waals surface area (Å²) < 4.78 is 3.69. The Bertz CT molecular complexity index is 1890. The summed E-state index contributed by atoms with van der Waals surface area (Å²) in [5.74, 6) is 0.405. The van der Waals surface area contributed by atoms with E-state index in [-0.39, 0.29) is 10.8 Å². The summed E-state index contributed by atoms with van der Waals surface area (Å²) in [4.78, 5) is 0. The fraction of sp³-hybridized carbons (Fsp3) is 0.250. The Morgan fingerprint density at radius 3 is 1.63 bits per heavy atom. The molecule has 1 heterocycles. The Labute approximate surface area is 287 Å². The molecule has 0 aliphatic heterocycles. The monoisotopic (exact) mass is 694 g/mol. The second-order valence-corrected chi connectivity index (χ2v) is 21.8. The van der Waals surface area contributed by atoms with E-state index in [4.69, 9.17) is 0 Å². The first-order chi connectivity index (χ1) is 22.0. The zero-order valence-corrected chi connectivity index (χ0v) is 31.5. The van der Waals surface area contributed by atoms with Crippen molar-refractivity contribution in [2.45, 2.75) is 62.9 Å². The Balaban J connectivity index is 1.63. The number of hydrogen-bond acceptors (Lipinski definition) is 1. The molecule has 0 radical (unpaired) electrons. The van der Waals surface area contributed by atoms with Crippen LogP contribution in [0.15, 0.2) is 129 Å². The van der Waals surface area contributed by atoms with Crippen LogP contribution in [-0.2, 0) is 32.1 Å². The number of thiophene rings is 1. The summed E-state index contributed by atoms with van der Waals surface area (Å²) in [6, 6.07) is 40.0. The van der Waals surface area contributed by atoms with Gasteiger partial charge in [0.25, 0.3) is 0 Å². The Morgan fingerprint density at radius 1 is 0.652 bits per heavy atom. The van der Waals surface area contributed by atoms with E-state index in [0.717, 1.165) is 0 Å². The van der Waals surface area contributed by atoms with Crippen molar-refractivity contribution in [2.75, 3.05) is 0 Å². The number of benzene rings is 4. The van der Waals surface area contributed by atoms with Gasteiger partial charge in [-0.3, -0.25) is 0 Å². The second-order valence-electron chi connectivity index (χ2n) is 15.0. The number of fused-ring (bicyclic) bond motifs is 3. The van der Waals surface area contributed by atoms with Gasteiger partial charge >= 0.3 is 290 Å². The van der Waals surface area contributed by atoms with Crippen LogP contribution in [0.5, 0.6) is 0 Å². The molecule has 7 rings (SSSR count). The first kappa shape index (κ1) is 31.4. The molecule has 0 saturated carbocycles. The van der Waals surface area contributed by atoms with E-state index in [1.54, 1.807) is 17.8 Å². The fourth-order valence-electron chi connectivity index (χ4n) is 7.35. The van der Waals surface area contributed by atoms with Gasteiger partial charge in [0.05, 0.1) is 0 Å². The molecule has 5 aromatic rings. The van der Waals surface area contributed by atoms with E-state index in [1.165, 1.54) is 55.6 Å². The van der Waals surface area contributed by atoms with Gasteiger partial charge in [0.1, 0.15) is 0 Å². The quantitative estimate of drug-likeness (QED) is 0.172. The molecular formula is C44H44SZr. The molecule has 0 spiro atoms. The molecule has 0 nitrogen and oxygen atoms in total. The van der Waals surface area contributed by atoms with E-state index in [0.29, 0.717) is 9.54 Å². The van der Waals surface area contributed by atoms with E-state index >= 15 is 0 Å². The minimum absolute atomic E-state index is 0.0837. The summed E-state index contributed by atoms with van der Waals surface area (Å²) in [7, 11) is 0. The van der Waals surface area contributed by atoms with E-state index in [1.807, 2.05) is 0 Å².